The van der Waals surface area contributed by atoms with E-state index in [0.717, 1.165) is 0 Å². The van der Waals surface area contributed by atoms with Gasteiger partial charge in [0.05, 0.1) is 18.3 Å². The molecule has 1 aromatic carbocycles. The fraction of sp³-hybridized carbons (Fsp3) is 0.632. The highest BCUT2D eigenvalue weighted by Crippen LogP contribution is 2.30. The van der Waals surface area contributed by atoms with Crippen molar-refractivity contribution in [1.82, 2.24) is 0 Å². The van der Waals surface area contributed by atoms with E-state index in [4.69, 9.17) is 24.1 Å². The molecule has 0 spiro atoms. The Labute approximate surface area is 176 Å². The van der Waals surface area contributed by atoms with Crippen molar-refractivity contribution in [3.63, 3.8) is 0 Å². The van der Waals surface area contributed by atoms with Crippen LogP contribution in [0.15, 0.2) is 24.3 Å². The third kappa shape index (κ3) is 4.98. The molecule has 2 fully saturated rings. The van der Waals surface area contributed by atoms with Crippen molar-refractivity contribution in [2.75, 3.05) is 6.61 Å². The molecule has 174 valence electrons. The van der Waals surface area contributed by atoms with Crippen molar-refractivity contribution in [3.8, 4) is 5.75 Å². The van der Waals surface area contributed by atoms with Gasteiger partial charge in [-0.1, -0.05) is 0 Å². The lowest BCUT2D eigenvalue weighted by atomic mass is 9.97. The summed E-state index contributed by atoms with van der Waals surface area (Å²) in [7, 11) is 0. The summed E-state index contributed by atoms with van der Waals surface area (Å²) in [6.07, 6.45) is -14.4. The van der Waals surface area contributed by atoms with Crippen LogP contribution in [0.3, 0.4) is 0 Å². The van der Waals surface area contributed by atoms with E-state index < -0.39 is 74.0 Å². The van der Waals surface area contributed by atoms with Crippen molar-refractivity contribution >= 4 is 5.97 Å². The summed E-state index contributed by atoms with van der Waals surface area (Å²) in [4.78, 5) is 10.9. The zero-order valence-corrected chi connectivity index (χ0v) is 16.5. The molecule has 7 N–H and O–H groups in total. The Morgan fingerprint density at radius 2 is 1.55 bits per heavy atom. The summed E-state index contributed by atoms with van der Waals surface area (Å²) in [5.41, 5.74) is 0.0325. The number of hydrogen-bond donors (Lipinski definition) is 7. The number of aromatic carboxylic acids is 1. The Morgan fingerprint density at radius 1 is 0.903 bits per heavy atom. The van der Waals surface area contributed by atoms with E-state index >= 15 is 0 Å². The molecule has 0 aromatic heterocycles. The van der Waals surface area contributed by atoms with Crippen LogP contribution in [0.1, 0.15) is 17.3 Å². The molecule has 2 saturated heterocycles. The fourth-order valence-corrected chi connectivity index (χ4v) is 3.40. The predicted molar refractivity (Wildman–Crippen MR) is 99.0 cm³/mol. The topological polar surface area (TPSA) is 196 Å². The highest BCUT2D eigenvalue weighted by atomic mass is 16.7. The van der Waals surface area contributed by atoms with E-state index in [-0.39, 0.29) is 11.3 Å². The number of aliphatic hydroxyl groups excluding tert-OH is 6. The first kappa shape index (κ1) is 23.8. The lowest BCUT2D eigenvalue weighted by Gasteiger charge is -2.45. The Kier molecular flexibility index (Phi) is 7.47. The second kappa shape index (κ2) is 9.73. The number of carboxylic acids is 1. The third-order valence-electron chi connectivity index (χ3n) is 5.27. The lowest BCUT2D eigenvalue weighted by Crippen LogP contribution is -2.64. The van der Waals surface area contributed by atoms with Crippen LogP contribution < -0.4 is 4.74 Å². The number of benzene rings is 1. The van der Waals surface area contributed by atoms with Gasteiger partial charge in [0.1, 0.15) is 48.5 Å². The van der Waals surface area contributed by atoms with E-state index in [0.29, 0.717) is 0 Å². The van der Waals surface area contributed by atoms with E-state index in [9.17, 15) is 35.4 Å². The Hall–Kier alpha value is -1.87. The molecule has 2 aliphatic rings. The Bertz CT molecular complexity index is 740. The Balaban J connectivity index is 1.73. The summed E-state index contributed by atoms with van der Waals surface area (Å²) in [6, 6.07) is 5.32. The molecule has 2 heterocycles. The Morgan fingerprint density at radius 3 is 2.13 bits per heavy atom. The van der Waals surface area contributed by atoms with Gasteiger partial charge in [-0.25, -0.2) is 4.79 Å². The highest BCUT2D eigenvalue weighted by Gasteiger charge is 2.50. The quantitative estimate of drug-likeness (QED) is 0.241. The van der Waals surface area contributed by atoms with Gasteiger partial charge in [-0.2, -0.15) is 0 Å². The smallest absolute Gasteiger partial charge is 0.335 e. The van der Waals surface area contributed by atoms with Crippen molar-refractivity contribution in [2.45, 2.75) is 68.3 Å². The van der Waals surface area contributed by atoms with Crippen molar-refractivity contribution in [3.05, 3.63) is 29.8 Å². The van der Waals surface area contributed by atoms with Gasteiger partial charge in [0.25, 0.3) is 0 Å². The molecule has 31 heavy (non-hydrogen) atoms. The maximum Gasteiger partial charge on any atom is 0.335 e. The summed E-state index contributed by atoms with van der Waals surface area (Å²) >= 11 is 0. The molecule has 0 bridgehead atoms. The highest BCUT2D eigenvalue weighted by molar-refractivity contribution is 5.87. The van der Waals surface area contributed by atoms with Crippen LogP contribution in [-0.2, 0) is 14.2 Å². The minimum absolute atomic E-state index is 0.0325. The van der Waals surface area contributed by atoms with Gasteiger partial charge in [-0.15, -0.1) is 0 Å². The molecule has 3 rings (SSSR count). The molecule has 0 aliphatic carbocycles. The van der Waals surface area contributed by atoms with E-state index in [1.165, 1.54) is 31.2 Å². The van der Waals surface area contributed by atoms with E-state index in [1.807, 2.05) is 0 Å². The lowest BCUT2D eigenvalue weighted by molar-refractivity contribution is -0.350. The molecule has 0 unspecified atom stereocenters. The summed E-state index contributed by atoms with van der Waals surface area (Å²) in [5.74, 6) is -0.936. The largest absolute Gasteiger partial charge is 0.478 e. The van der Waals surface area contributed by atoms with Crippen LogP contribution in [0.25, 0.3) is 0 Å². The minimum atomic E-state index is -1.72. The zero-order chi connectivity index (χ0) is 22.9. The monoisotopic (exact) mass is 446 g/mol. The number of aliphatic hydroxyl groups is 6. The van der Waals surface area contributed by atoms with Crippen LogP contribution in [0, 0.1) is 0 Å². The molecule has 0 saturated carbocycles. The SMILES string of the molecule is C[C@@H]1O[C@@H](Oc2ccc(C(=O)O)cc2)[C@H](O)[C@H](O[C@@H]2O[C@H](CO)[C@@H](O)[C@H](O)[C@H]2O)[C@H]1O. The molecule has 10 atom stereocenters. The first-order valence-corrected chi connectivity index (χ1v) is 9.61. The van der Waals surface area contributed by atoms with E-state index in [1.54, 1.807) is 0 Å². The number of ether oxygens (including phenoxy) is 4. The molecule has 12 nitrogen and oxygen atoms in total. The van der Waals surface area contributed by atoms with Crippen LogP contribution in [0.2, 0.25) is 0 Å². The van der Waals surface area contributed by atoms with E-state index in [2.05, 4.69) is 0 Å². The van der Waals surface area contributed by atoms with Gasteiger partial charge in [-0.05, 0) is 31.2 Å². The summed E-state index contributed by atoms with van der Waals surface area (Å²) in [6.45, 7) is 0.822. The average molecular weight is 446 g/mol. The number of carbonyl (C=O) groups is 1. The molecule has 0 radical (unpaired) electrons. The number of hydrogen-bond acceptors (Lipinski definition) is 11. The maximum absolute atomic E-state index is 10.9. The van der Waals surface area contributed by atoms with Crippen molar-refractivity contribution < 1.29 is 59.5 Å². The molecule has 0 amide bonds. The van der Waals surface area contributed by atoms with Crippen LogP contribution in [0.4, 0.5) is 0 Å². The van der Waals surface area contributed by atoms with Crippen LogP contribution in [0.5, 0.6) is 5.75 Å². The summed E-state index contributed by atoms with van der Waals surface area (Å²) in [5, 5.41) is 69.2. The summed E-state index contributed by atoms with van der Waals surface area (Å²) < 4.78 is 21.8. The van der Waals surface area contributed by atoms with Crippen LogP contribution in [-0.4, -0.2) is 110 Å². The molecule has 1 aromatic rings. The average Bonchev–Trinajstić information content (AvgIpc) is 2.75. The fourth-order valence-electron chi connectivity index (χ4n) is 3.40. The van der Waals surface area contributed by atoms with Crippen LogP contribution >= 0.6 is 0 Å². The van der Waals surface area contributed by atoms with Gasteiger partial charge in [0.15, 0.2) is 6.29 Å². The van der Waals surface area contributed by atoms with Gasteiger partial charge in [0, 0.05) is 0 Å². The van der Waals surface area contributed by atoms with Gasteiger partial charge in [0.2, 0.25) is 6.29 Å². The van der Waals surface area contributed by atoms with Gasteiger partial charge in [-0.3, -0.25) is 0 Å². The molecular weight excluding hydrogens is 420 g/mol. The zero-order valence-electron chi connectivity index (χ0n) is 16.5. The first-order valence-electron chi connectivity index (χ1n) is 9.61. The maximum atomic E-state index is 10.9. The van der Waals surface area contributed by atoms with Gasteiger partial charge >= 0.3 is 5.97 Å². The normalized spacial score (nSPS) is 41.0. The van der Waals surface area contributed by atoms with Crippen molar-refractivity contribution in [2.24, 2.45) is 0 Å². The standard InChI is InChI=1S/C19H26O12/c1-7-11(21)16(31-18-14(24)13(23)12(22)10(6-20)30-18)15(25)19(28-7)29-9-4-2-8(3-5-9)17(26)27/h2-5,7,10-16,18-25H,6H2,1H3,(H,26,27)/t7-,10+,11-,12+,13-,14+,15+,16+,18-,19-/m0/s1. The second-order valence-electron chi connectivity index (χ2n) is 7.44. The minimum Gasteiger partial charge on any atom is -0.478 e. The van der Waals surface area contributed by atoms with Crippen molar-refractivity contribution in [1.29, 1.82) is 0 Å². The predicted octanol–water partition coefficient (Wildman–Crippen LogP) is -2.58. The molecular formula is C19H26O12. The molecule has 2 aliphatic heterocycles. The second-order valence-corrected chi connectivity index (χ2v) is 7.44. The number of carboxylic acid groups (broad SMARTS) is 1. The van der Waals surface area contributed by atoms with Gasteiger partial charge < -0.3 is 54.7 Å². The molecule has 12 heteroatoms. The third-order valence-corrected chi connectivity index (χ3v) is 5.27. The number of rotatable bonds is 6. The first-order chi connectivity index (χ1) is 14.6.